The van der Waals surface area contributed by atoms with Gasteiger partial charge in [0.1, 0.15) is 12.1 Å². The first-order valence-electron chi connectivity index (χ1n) is 7.00. The van der Waals surface area contributed by atoms with Gasteiger partial charge in [-0.3, -0.25) is 0 Å². The predicted molar refractivity (Wildman–Crippen MR) is 87.7 cm³/mol. The second kappa shape index (κ2) is 6.93. The fourth-order valence-corrected chi connectivity index (χ4v) is 2.63. The zero-order valence-corrected chi connectivity index (χ0v) is 14.0. The van der Waals surface area contributed by atoms with Crippen LogP contribution in [0.1, 0.15) is 5.56 Å². The lowest BCUT2D eigenvalue weighted by Crippen LogP contribution is -2.17. The van der Waals surface area contributed by atoms with E-state index in [1.165, 1.54) is 30.6 Å². The first-order chi connectivity index (χ1) is 11.8. The average molecular weight is 388 g/mol. The summed E-state index contributed by atoms with van der Waals surface area (Å²) in [7, 11) is 0. The van der Waals surface area contributed by atoms with E-state index in [0.29, 0.717) is 28.0 Å². The van der Waals surface area contributed by atoms with Gasteiger partial charge >= 0.3 is 6.36 Å². The highest BCUT2D eigenvalue weighted by Crippen LogP contribution is 2.32. The normalized spacial score (nSPS) is 11.6. The van der Waals surface area contributed by atoms with Gasteiger partial charge in [0.05, 0.1) is 16.6 Å². The number of alkyl halides is 3. The Morgan fingerprint density at radius 2 is 1.76 bits per heavy atom. The molecule has 0 amide bonds. The van der Waals surface area contributed by atoms with Crippen LogP contribution in [0.25, 0.3) is 11.4 Å². The van der Waals surface area contributed by atoms with Gasteiger partial charge in [-0.05, 0) is 29.8 Å². The molecule has 0 aliphatic carbocycles. The van der Waals surface area contributed by atoms with Crippen LogP contribution in [0.15, 0.2) is 48.8 Å². The summed E-state index contributed by atoms with van der Waals surface area (Å²) >= 11 is 12.2. The Morgan fingerprint density at radius 1 is 1.04 bits per heavy atom. The number of rotatable bonds is 4. The Labute approximate surface area is 150 Å². The summed E-state index contributed by atoms with van der Waals surface area (Å²) in [5, 5.41) is 8.66. The third-order valence-corrected chi connectivity index (χ3v) is 4.14. The summed E-state index contributed by atoms with van der Waals surface area (Å²) in [5.74, 6) is 0.223. The van der Waals surface area contributed by atoms with Crippen LogP contribution in [0.3, 0.4) is 0 Å². The van der Waals surface area contributed by atoms with Crippen molar-refractivity contribution in [3.05, 3.63) is 64.4 Å². The van der Waals surface area contributed by atoms with Crippen molar-refractivity contribution in [3.8, 4) is 17.1 Å². The van der Waals surface area contributed by atoms with Gasteiger partial charge < -0.3 is 9.30 Å². The summed E-state index contributed by atoms with van der Waals surface area (Å²) in [4.78, 5) is 0. The van der Waals surface area contributed by atoms with Crippen LogP contribution in [0.5, 0.6) is 5.75 Å². The summed E-state index contributed by atoms with van der Waals surface area (Å²) in [6, 6.07) is 10.7. The molecule has 0 spiro atoms. The molecule has 0 bridgehead atoms. The van der Waals surface area contributed by atoms with Crippen molar-refractivity contribution >= 4 is 23.2 Å². The van der Waals surface area contributed by atoms with Gasteiger partial charge in [-0.1, -0.05) is 41.4 Å². The average Bonchev–Trinajstić information content (AvgIpc) is 2.98. The van der Waals surface area contributed by atoms with E-state index in [9.17, 15) is 13.2 Å². The minimum Gasteiger partial charge on any atom is -0.406 e. The molecule has 1 aromatic heterocycles. The molecule has 3 rings (SSSR count). The van der Waals surface area contributed by atoms with E-state index >= 15 is 0 Å². The zero-order valence-electron chi connectivity index (χ0n) is 12.5. The van der Waals surface area contributed by atoms with E-state index in [1.807, 2.05) is 0 Å². The van der Waals surface area contributed by atoms with E-state index in [1.54, 1.807) is 22.8 Å². The Morgan fingerprint density at radius 3 is 2.44 bits per heavy atom. The quantitative estimate of drug-likeness (QED) is 0.617. The van der Waals surface area contributed by atoms with Crippen LogP contribution >= 0.6 is 23.2 Å². The van der Waals surface area contributed by atoms with Gasteiger partial charge in [-0.2, -0.15) is 0 Å². The molecule has 9 heteroatoms. The highest BCUT2D eigenvalue weighted by Gasteiger charge is 2.30. The van der Waals surface area contributed by atoms with Crippen molar-refractivity contribution < 1.29 is 17.9 Å². The lowest BCUT2D eigenvalue weighted by atomic mass is 10.2. The molecule has 0 aliphatic rings. The van der Waals surface area contributed by atoms with Gasteiger partial charge in [0.2, 0.25) is 0 Å². The summed E-state index contributed by atoms with van der Waals surface area (Å²) in [5.41, 5.74) is 1.36. The molecule has 0 saturated carbocycles. The number of aromatic nitrogens is 3. The third kappa shape index (κ3) is 4.24. The van der Waals surface area contributed by atoms with Crippen LogP contribution in [0, 0.1) is 0 Å². The molecule has 25 heavy (non-hydrogen) atoms. The van der Waals surface area contributed by atoms with Gasteiger partial charge in [0.15, 0.2) is 5.82 Å². The van der Waals surface area contributed by atoms with Gasteiger partial charge in [-0.25, -0.2) is 0 Å². The monoisotopic (exact) mass is 387 g/mol. The topological polar surface area (TPSA) is 39.9 Å². The standard InChI is InChI=1S/C16H10Cl2F3N3O/c17-13-3-1-2-12(14(13)18)15-23-22-9-24(15)8-10-4-6-11(7-5-10)25-16(19,20)21/h1-7,9H,8H2. The molecule has 2 aromatic carbocycles. The minimum atomic E-state index is -4.72. The fraction of sp³-hybridized carbons (Fsp3) is 0.125. The summed E-state index contributed by atoms with van der Waals surface area (Å²) in [6.45, 7) is 0.345. The molecule has 0 radical (unpaired) electrons. The Kier molecular flexibility index (Phi) is 4.87. The maximum absolute atomic E-state index is 12.2. The smallest absolute Gasteiger partial charge is 0.406 e. The molecule has 0 atom stereocenters. The Bertz CT molecular complexity index is 879. The van der Waals surface area contributed by atoms with E-state index in [0.717, 1.165) is 5.56 Å². The van der Waals surface area contributed by atoms with Gasteiger partial charge in [-0.15, -0.1) is 23.4 Å². The number of halogens is 5. The highest BCUT2D eigenvalue weighted by atomic mass is 35.5. The molecular weight excluding hydrogens is 378 g/mol. The molecule has 0 aliphatic heterocycles. The molecule has 4 nitrogen and oxygen atoms in total. The molecule has 0 saturated heterocycles. The highest BCUT2D eigenvalue weighted by molar-refractivity contribution is 6.43. The summed E-state index contributed by atoms with van der Waals surface area (Å²) < 4.78 is 42.1. The van der Waals surface area contributed by atoms with Crippen molar-refractivity contribution in [1.29, 1.82) is 0 Å². The van der Waals surface area contributed by atoms with E-state index in [4.69, 9.17) is 23.2 Å². The lowest BCUT2D eigenvalue weighted by molar-refractivity contribution is -0.274. The van der Waals surface area contributed by atoms with E-state index < -0.39 is 6.36 Å². The van der Waals surface area contributed by atoms with E-state index in [-0.39, 0.29) is 5.75 Å². The largest absolute Gasteiger partial charge is 0.573 e. The van der Waals surface area contributed by atoms with Crippen molar-refractivity contribution in [1.82, 2.24) is 14.8 Å². The molecule has 0 unspecified atom stereocenters. The summed E-state index contributed by atoms with van der Waals surface area (Å²) in [6.07, 6.45) is -3.21. The van der Waals surface area contributed by atoms with E-state index in [2.05, 4.69) is 14.9 Å². The van der Waals surface area contributed by atoms with Crippen LogP contribution < -0.4 is 4.74 Å². The third-order valence-electron chi connectivity index (χ3n) is 3.32. The van der Waals surface area contributed by atoms with Crippen LogP contribution in [-0.4, -0.2) is 21.1 Å². The van der Waals surface area contributed by atoms with Gasteiger partial charge in [0.25, 0.3) is 0 Å². The van der Waals surface area contributed by atoms with Crippen LogP contribution in [0.2, 0.25) is 10.0 Å². The predicted octanol–water partition coefficient (Wildman–Crippen LogP) is 5.20. The first kappa shape index (κ1) is 17.6. The Hall–Kier alpha value is -2.25. The molecule has 3 aromatic rings. The number of benzene rings is 2. The second-order valence-electron chi connectivity index (χ2n) is 5.08. The molecule has 130 valence electrons. The van der Waals surface area contributed by atoms with Crippen molar-refractivity contribution in [2.24, 2.45) is 0 Å². The number of hydrogen-bond donors (Lipinski definition) is 0. The first-order valence-corrected chi connectivity index (χ1v) is 7.76. The maximum atomic E-state index is 12.2. The number of hydrogen-bond acceptors (Lipinski definition) is 3. The lowest BCUT2D eigenvalue weighted by Gasteiger charge is -2.11. The van der Waals surface area contributed by atoms with Crippen molar-refractivity contribution in [2.45, 2.75) is 12.9 Å². The SMILES string of the molecule is FC(F)(F)Oc1ccc(Cn2cnnc2-c2cccc(Cl)c2Cl)cc1. The van der Waals surface area contributed by atoms with Crippen molar-refractivity contribution in [2.75, 3.05) is 0 Å². The number of ether oxygens (including phenoxy) is 1. The zero-order chi connectivity index (χ0) is 18.0. The minimum absolute atomic E-state index is 0.280. The molecular formula is C16H10Cl2F3N3O. The van der Waals surface area contributed by atoms with Gasteiger partial charge in [0, 0.05) is 5.56 Å². The molecule has 0 N–H and O–H groups in total. The van der Waals surface area contributed by atoms with Crippen LogP contribution in [-0.2, 0) is 6.54 Å². The van der Waals surface area contributed by atoms with Crippen LogP contribution in [0.4, 0.5) is 13.2 Å². The molecule has 0 fully saturated rings. The maximum Gasteiger partial charge on any atom is 0.573 e. The number of nitrogens with zero attached hydrogens (tertiary/aromatic N) is 3. The van der Waals surface area contributed by atoms with Crippen molar-refractivity contribution in [3.63, 3.8) is 0 Å². The second-order valence-corrected chi connectivity index (χ2v) is 5.86. The Balaban J connectivity index is 1.83. The molecule has 1 heterocycles. The fourth-order valence-electron chi connectivity index (χ4n) is 2.25.